The van der Waals surface area contributed by atoms with Crippen LogP contribution in [0.25, 0.3) is 0 Å². The molecule has 0 aliphatic heterocycles. The second-order valence-electron chi connectivity index (χ2n) is 4.96. The van der Waals surface area contributed by atoms with Gasteiger partial charge in [0.15, 0.2) is 0 Å². The smallest absolute Gasteiger partial charge is 0.0965 e. The fraction of sp³-hybridized carbons (Fsp3) is 0.727. The van der Waals surface area contributed by atoms with Crippen LogP contribution in [0.5, 0.6) is 0 Å². The Hall–Kier alpha value is -0.450. The van der Waals surface area contributed by atoms with Crippen LogP contribution >= 0.6 is 11.3 Å². The second kappa shape index (κ2) is 5.05. The van der Waals surface area contributed by atoms with Crippen LogP contribution in [0.1, 0.15) is 31.7 Å². The number of aromatic nitrogens is 1. The summed E-state index contributed by atoms with van der Waals surface area (Å²) < 4.78 is 0. The van der Waals surface area contributed by atoms with Gasteiger partial charge >= 0.3 is 0 Å². The first-order chi connectivity index (χ1) is 6.88. The molecule has 0 saturated heterocycles. The topological polar surface area (TPSA) is 42.1 Å². The number of rotatable bonds is 5. The molecule has 2 N–H and O–H groups in total. The first kappa shape index (κ1) is 12.6. The summed E-state index contributed by atoms with van der Waals surface area (Å²) in [6.07, 6.45) is 1.86. The minimum absolute atomic E-state index is 0.128. The highest BCUT2D eigenvalue weighted by Crippen LogP contribution is 2.18. The van der Waals surface area contributed by atoms with Gasteiger partial charge in [-0.15, -0.1) is 11.3 Å². The van der Waals surface area contributed by atoms with Crippen LogP contribution in [-0.4, -0.2) is 35.6 Å². The molecule has 1 unspecified atom stereocenters. The van der Waals surface area contributed by atoms with Crippen molar-refractivity contribution >= 4 is 11.3 Å². The van der Waals surface area contributed by atoms with E-state index in [1.165, 1.54) is 5.01 Å². The molecule has 0 spiro atoms. The van der Waals surface area contributed by atoms with E-state index in [1.54, 1.807) is 11.3 Å². The maximum atomic E-state index is 5.98. The Labute approximate surface area is 96.3 Å². The highest BCUT2D eigenvalue weighted by atomic mass is 32.1. The van der Waals surface area contributed by atoms with E-state index in [0.717, 1.165) is 13.1 Å². The summed E-state index contributed by atoms with van der Waals surface area (Å²) in [6.45, 7) is 8.23. The van der Waals surface area contributed by atoms with Crippen molar-refractivity contribution < 1.29 is 0 Å². The largest absolute Gasteiger partial charge is 0.324 e. The fourth-order valence-electron chi connectivity index (χ4n) is 1.78. The summed E-state index contributed by atoms with van der Waals surface area (Å²) in [4.78, 5) is 6.60. The van der Waals surface area contributed by atoms with Gasteiger partial charge in [-0.2, -0.15) is 0 Å². The zero-order chi connectivity index (χ0) is 11.5. The Kier molecular flexibility index (Phi) is 4.25. The van der Waals surface area contributed by atoms with E-state index < -0.39 is 0 Å². The minimum Gasteiger partial charge on any atom is -0.324 e. The normalized spacial score (nSPS) is 14.5. The zero-order valence-corrected chi connectivity index (χ0v) is 10.8. The van der Waals surface area contributed by atoms with Crippen molar-refractivity contribution in [1.29, 1.82) is 0 Å². The zero-order valence-electron chi connectivity index (χ0n) is 10.0. The molecule has 15 heavy (non-hydrogen) atoms. The minimum atomic E-state index is -0.128. The molecule has 0 bridgehead atoms. The number of hydrogen-bond donors (Lipinski definition) is 1. The standard InChI is InChI=1S/C11H21N3S/c1-9(10-13-5-6-15-10)7-14(4)8-11(2,3)12/h5-6,9H,7-8,12H2,1-4H3. The maximum absolute atomic E-state index is 5.98. The van der Waals surface area contributed by atoms with Gasteiger partial charge in [-0.05, 0) is 20.9 Å². The molecule has 0 amide bonds. The molecule has 1 rings (SSSR count). The van der Waals surface area contributed by atoms with Gasteiger partial charge in [0.2, 0.25) is 0 Å². The quantitative estimate of drug-likeness (QED) is 0.835. The van der Waals surface area contributed by atoms with E-state index in [4.69, 9.17) is 5.73 Å². The van der Waals surface area contributed by atoms with Crippen molar-refractivity contribution in [2.45, 2.75) is 32.2 Å². The van der Waals surface area contributed by atoms with Crippen molar-refractivity contribution in [1.82, 2.24) is 9.88 Å². The summed E-state index contributed by atoms with van der Waals surface area (Å²) in [5, 5.41) is 3.23. The van der Waals surface area contributed by atoms with Crippen LogP contribution in [0, 0.1) is 0 Å². The highest BCUT2D eigenvalue weighted by molar-refractivity contribution is 7.09. The predicted molar refractivity (Wildman–Crippen MR) is 66.3 cm³/mol. The first-order valence-electron chi connectivity index (χ1n) is 5.25. The lowest BCUT2D eigenvalue weighted by Crippen LogP contribution is -2.44. The Balaban J connectivity index is 2.42. The molecule has 1 atom stereocenters. The molecule has 0 fully saturated rings. The van der Waals surface area contributed by atoms with Gasteiger partial charge in [0.25, 0.3) is 0 Å². The first-order valence-corrected chi connectivity index (χ1v) is 6.13. The van der Waals surface area contributed by atoms with E-state index in [0.29, 0.717) is 5.92 Å². The number of thiazole rings is 1. The van der Waals surface area contributed by atoms with Crippen molar-refractivity contribution in [3.8, 4) is 0 Å². The molecule has 0 saturated carbocycles. The van der Waals surface area contributed by atoms with Crippen LogP contribution in [0.2, 0.25) is 0 Å². The van der Waals surface area contributed by atoms with E-state index in [-0.39, 0.29) is 5.54 Å². The molecule has 4 heteroatoms. The molecule has 86 valence electrons. The van der Waals surface area contributed by atoms with Gasteiger partial charge in [-0.3, -0.25) is 0 Å². The molecule has 1 heterocycles. The van der Waals surface area contributed by atoms with E-state index in [2.05, 4.69) is 37.7 Å². The SMILES string of the molecule is CC(CN(C)CC(C)(C)N)c1nccs1. The third-order valence-corrected chi connectivity index (χ3v) is 3.14. The summed E-state index contributed by atoms with van der Waals surface area (Å²) in [7, 11) is 2.11. The number of hydrogen-bond acceptors (Lipinski definition) is 4. The van der Waals surface area contributed by atoms with Crippen LogP contribution < -0.4 is 5.73 Å². The van der Waals surface area contributed by atoms with Gasteiger partial charge < -0.3 is 10.6 Å². The Morgan fingerprint density at radius 2 is 2.27 bits per heavy atom. The lowest BCUT2D eigenvalue weighted by Gasteiger charge is -2.28. The summed E-state index contributed by atoms with van der Waals surface area (Å²) >= 11 is 1.72. The molecule has 0 aromatic carbocycles. The van der Waals surface area contributed by atoms with Crippen LogP contribution in [0.3, 0.4) is 0 Å². The molecular formula is C11H21N3S. The van der Waals surface area contributed by atoms with Crippen molar-refractivity contribution in [2.75, 3.05) is 20.1 Å². The number of nitrogens with zero attached hydrogens (tertiary/aromatic N) is 2. The summed E-state index contributed by atoms with van der Waals surface area (Å²) in [5.74, 6) is 0.484. The van der Waals surface area contributed by atoms with Crippen molar-refractivity contribution in [3.63, 3.8) is 0 Å². The van der Waals surface area contributed by atoms with E-state index in [1.807, 2.05) is 11.6 Å². The Morgan fingerprint density at radius 3 is 2.73 bits per heavy atom. The molecule has 0 aliphatic rings. The maximum Gasteiger partial charge on any atom is 0.0965 e. The van der Waals surface area contributed by atoms with Gasteiger partial charge in [-0.25, -0.2) is 4.98 Å². The molecule has 0 aliphatic carbocycles. The molecule has 1 aromatic rings. The van der Waals surface area contributed by atoms with Gasteiger partial charge in [-0.1, -0.05) is 6.92 Å². The third-order valence-electron chi connectivity index (χ3n) is 2.14. The monoisotopic (exact) mass is 227 g/mol. The lowest BCUT2D eigenvalue weighted by molar-refractivity contribution is 0.259. The van der Waals surface area contributed by atoms with E-state index in [9.17, 15) is 0 Å². The molecule has 3 nitrogen and oxygen atoms in total. The molecule has 1 aromatic heterocycles. The highest BCUT2D eigenvalue weighted by Gasteiger charge is 2.17. The van der Waals surface area contributed by atoms with E-state index >= 15 is 0 Å². The molecule has 0 radical (unpaired) electrons. The van der Waals surface area contributed by atoms with Crippen LogP contribution in [-0.2, 0) is 0 Å². The van der Waals surface area contributed by atoms with Crippen molar-refractivity contribution in [3.05, 3.63) is 16.6 Å². The third kappa shape index (κ3) is 4.73. The second-order valence-corrected chi connectivity index (χ2v) is 5.88. The molecular weight excluding hydrogens is 206 g/mol. The van der Waals surface area contributed by atoms with Gasteiger partial charge in [0, 0.05) is 36.1 Å². The van der Waals surface area contributed by atoms with Crippen LogP contribution in [0.15, 0.2) is 11.6 Å². The predicted octanol–water partition coefficient (Wildman–Crippen LogP) is 1.92. The van der Waals surface area contributed by atoms with Gasteiger partial charge in [0.05, 0.1) is 5.01 Å². The van der Waals surface area contributed by atoms with Crippen molar-refractivity contribution in [2.24, 2.45) is 5.73 Å². The van der Waals surface area contributed by atoms with Gasteiger partial charge in [0.1, 0.15) is 0 Å². The average molecular weight is 227 g/mol. The van der Waals surface area contributed by atoms with Crippen LogP contribution in [0.4, 0.5) is 0 Å². The summed E-state index contributed by atoms with van der Waals surface area (Å²) in [6, 6.07) is 0. The lowest BCUT2D eigenvalue weighted by atomic mass is 10.1. The Morgan fingerprint density at radius 1 is 1.60 bits per heavy atom. The number of nitrogens with two attached hydrogens (primary N) is 1. The Bertz CT molecular complexity index is 277. The summed E-state index contributed by atoms with van der Waals surface area (Å²) in [5.41, 5.74) is 5.85. The number of likely N-dealkylation sites (N-methyl/N-ethyl adjacent to an activating group) is 1. The average Bonchev–Trinajstić information content (AvgIpc) is 2.50. The fourth-order valence-corrected chi connectivity index (χ4v) is 2.47.